The van der Waals surface area contributed by atoms with Crippen molar-refractivity contribution in [3.05, 3.63) is 58.1 Å². The first kappa shape index (κ1) is 19.5. The number of nitrogens with one attached hydrogen (secondary N) is 2. The van der Waals surface area contributed by atoms with Gasteiger partial charge in [-0.05, 0) is 41.5 Å². The molecule has 7 nitrogen and oxygen atoms in total. The van der Waals surface area contributed by atoms with Crippen LogP contribution in [-0.2, 0) is 16.2 Å². The summed E-state index contributed by atoms with van der Waals surface area (Å²) in [6.07, 6.45) is 1.40. The zero-order chi connectivity index (χ0) is 18.9. The molecule has 0 radical (unpaired) electrons. The maximum absolute atomic E-state index is 11.3. The molecule has 8 heteroatoms. The van der Waals surface area contributed by atoms with Gasteiger partial charge in [-0.25, -0.2) is 5.43 Å². The SMILES string of the molecule is CNC(=O)C(=O)N/N=C\c1ccc(OCc2ccc(Br)cc2)c(OC)c1. The van der Waals surface area contributed by atoms with Crippen LogP contribution in [0, 0.1) is 0 Å². The molecule has 0 unspecified atom stereocenters. The van der Waals surface area contributed by atoms with E-state index in [0.29, 0.717) is 23.7 Å². The predicted molar refractivity (Wildman–Crippen MR) is 101 cm³/mol. The van der Waals surface area contributed by atoms with E-state index in [1.54, 1.807) is 18.2 Å². The first-order chi connectivity index (χ1) is 12.5. The Morgan fingerprint density at radius 1 is 1.12 bits per heavy atom. The molecule has 2 rings (SSSR count). The number of methoxy groups -OCH3 is 1. The van der Waals surface area contributed by atoms with Crippen LogP contribution in [-0.4, -0.2) is 32.2 Å². The zero-order valence-corrected chi connectivity index (χ0v) is 15.9. The van der Waals surface area contributed by atoms with Crippen LogP contribution >= 0.6 is 15.9 Å². The number of benzene rings is 2. The molecule has 2 aromatic carbocycles. The molecule has 0 aliphatic heterocycles. The van der Waals surface area contributed by atoms with Crippen LogP contribution in [0.25, 0.3) is 0 Å². The molecule has 0 saturated carbocycles. The Balaban J connectivity index is 2.01. The van der Waals surface area contributed by atoms with Crippen LogP contribution in [0.3, 0.4) is 0 Å². The summed E-state index contributed by atoms with van der Waals surface area (Å²) in [5.74, 6) is -0.493. The van der Waals surface area contributed by atoms with Crippen molar-refractivity contribution in [3.63, 3.8) is 0 Å². The summed E-state index contributed by atoms with van der Waals surface area (Å²) in [6.45, 7) is 0.402. The second-order valence-corrected chi connectivity index (χ2v) is 6.02. The average molecular weight is 420 g/mol. The minimum atomic E-state index is -0.842. The maximum Gasteiger partial charge on any atom is 0.329 e. The minimum absolute atomic E-state index is 0.402. The van der Waals surface area contributed by atoms with Crippen molar-refractivity contribution in [3.8, 4) is 11.5 Å². The lowest BCUT2D eigenvalue weighted by Gasteiger charge is -2.11. The highest BCUT2D eigenvalue weighted by atomic mass is 79.9. The molecule has 0 aromatic heterocycles. The summed E-state index contributed by atoms with van der Waals surface area (Å²) in [4.78, 5) is 22.4. The minimum Gasteiger partial charge on any atom is -0.493 e. The van der Waals surface area contributed by atoms with Gasteiger partial charge in [0.25, 0.3) is 0 Å². The van der Waals surface area contributed by atoms with E-state index in [1.807, 2.05) is 24.3 Å². The Labute approximate surface area is 159 Å². The van der Waals surface area contributed by atoms with Crippen LogP contribution in [0.2, 0.25) is 0 Å². The third kappa shape index (κ3) is 5.59. The van der Waals surface area contributed by atoms with Crippen molar-refractivity contribution in [2.24, 2.45) is 5.10 Å². The Hall–Kier alpha value is -2.87. The Morgan fingerprint density at radius 2 is 1.85 bits per heavy atom. The lowest BCUT2D eigenvalue weighted by Crippen LogP contribution is -2.35. The molecule has 2 amide bonds. The van der Waals surface area contributed by atoms with Crippen molar-refractivity contribution in [1.29, 1.82) is 0 Å². The molecule has 0 atom stereocenters. The predicted octanol–water partition coefficient (Wildman–Crippen LogP) is 2.23. The van der Waals surface area contributed by atoms with E-state index in [4.69, 9.17) is 9.47 Å². The molecule has 0 aliphatic carbocycles. The lowest BCUT2D eigenvalue weighted by atomic mass is 10.2. The zero-order valence-electron chi connectivity index (χ0n) is 14.3. The second-order valence-electron chi connectivity index (χ2n) is 5.10. The number of carbonyl (C=O) groups excluding carboxylic acids is 2. The number of hydrogen-bond donors (Lipinski definition) is 2. The van der Waals surface area contributed by atoms with Crippen LogP contribution < -0.4 is 20.2 Å². The number of hydrazone groups is 1. The first-order valence-corrected chi connectivity index (χ1v) is 8.43. The van der Waals surface area contributed by atoms with Gasteiger partial charge in [-0.2, -0.15) is 5.10 Å². The number of likely N-dealkylation sites (N-methyl/N-ethyl adjacent to an activating group) is 1. The molecule has 2 aromatic rings. The van der Waals surface area contributed by atoms with E-state index in [0.717, 1.165) is 10.0 Å². The van der Waals surface area contributed by atoms with Crippen molar-refractivity contribution in [2.45, 2.75) is 6.61 Å². The largest absolute Gasteiger partial charge is 0.493 e. The fraction of sp³-hybridized carbons (Fsp3) is 0.167. The molecule has 0 heterocycles. The van der Waals surface area contributed by atoms with Gasteiger partial charge in [0, 0.05) is 11.5 Å². The summed E-state index contributed by atoms with van der Waals surface area (Å²) < 4.78 is 12.1. The highest BCUT2D eigenvalue weighted by molar-refractivity contribution is 9.10. The number of amides is 2. The molecule has 0 fully saturated rings. The van der Waals surface area contributed by atoms with E-state index in [2.05, 4.69) is 31.8 Å². The summed E-state index contributed by atoms with van der Waals surface area (Å²) in [5.41, 5.74) is 3.83. The van der Waals surface area contributed by atoms with E-state index in [-0.39, 0.29) is 0 Å². The Kier molecular flexibility index (Phi) is 7.16. The number of carbonyl (C=O) groups is 2. The molecule has 136 valence electrons. The molecule has 26 heavy (non-hydrogen) atoms. The van der Waals surface area contributed by atoms with Crippen molar-refractivity contribution in [1.82, 2.24) is 10.7 Å². The monoisotopic (exact) mass is 419 g/mol. The van der Waals surface area contributed by atoms with Gasteiger partial charge in [0.2, 0.25) is 0 Å². The van der Waals surface area contributed by atoms with E-state index in [9.17, 15) is 9.59 Å². The van der Waals surface area contributed by atoms with Crippen LogP contribution in [0.5, 0.6) is 11.5 Å². The van der Waals surface area contributed by atoms with Gasteiger partial charge in [0.1, 0.15) is 6.61 Å². The first-order valence-electron chi connectivity index (χ1n) is 7.64. The molecular weight excluding hydrogens is 402 g/mol. The third-order valence-corrected chi connectivity index (χ3v) is 3.84. The van der Waals surface area contributed by atoms with Gasteiger partial charge in [-0.15, -0.1) is 0 Å². The lowest BCUT2D eigenvalue weighted by molar-refractivity contribution is -0.138. The van der Waals surface area contributed by atoms with Gasteiger partial charge in [-0.3, -0.25) is 9.59 Å². The van der Waals surface area contributed by atoms with Gasteiger partial charge < -0.3 is 14.8 Å². The fourth-order valence-electron chi connectivity index (χ4n) is 1.96. The normalized spacial score (nSPS) is 10.4. The van der Waals surface area contributed by atoms with Gasteiger partial charge >= 0.3 is 11.8 Å². The third-order valence-electron chi connectivity index (χ3n) is 3.31. The van der Waals surface area contributed by atoms with Gasteiger partial charge in [0.15, 0.2) is 11.5 Å². The highest BCUT2D eigenvalue weighted by Crippen LogP contribution is 2.28. The van der Waals surface area contributed by atoms with Crippen molar-refractivity contribution >= 4 is 34.0 Å². The number of halogens is 1. The fourth-order valence-corrected chi connectivity index (χ4v) is 2.22. The topological polar surface area (TPSA) is 89.0 Å². The number of nitrogens with zero attached hydrogens (tertiary/aromatic N) is 1. The van der Waals surface area contributed by atoms with Gasteiger partial charge in [0.05, 0.1) is 13.3 Å². The van der Waals surface area contributed by atoms with Crippen LogP contribution in [0.1, 0.15) is 11.1 Å². The Bertz CT molecular complexity index is 807. The maximum atomic E-state index is 11.3. The standard InChI is InChI=1S/C18H18BrN3O4/c1-20-17(23)18(24)22-21-10-13-5-8-15(16(9-13)25-2)26-11-12-3-6-14(19)7-4-12/h3-10H,11H2,1-2H3,(H,20,23)(H,22,24)/b21-10-. The van der Waals surface area contributed by atoms with E-state index in [1.165, 1.54) is 20.4 Å². The quantitative estimate of drug-likeness (QED) is 0.426. The molecule has 2 N–H and O–H groups in total. The number of ether oxygens (including phenoxy) is 2. The molecule has 0 spiro atoms. The summed E-state index contributed by atoms with van der Waals surface area (Å²) in [6, 6.07) is 13.0. The second kappa shape index (κ2) is 9.57. The molecular formula is C18H18BrN3O4. The summed E-state index contributed by atoms with van der Waals surface area (Å²) in [5, 5.41) is 5.94. The molecule has 0 bridgehead atoms. The van der Waals surface area contributed by atoms with E-state index >= 15 is 0 Å². The smallest absolute Gasteiger partial charge is 0.329 e. The molecule has 0 aliphatic rings. The summed E-state index contributed by atoms with van der Waals surface area (Å²) in [7, 11) is 2.90. The van der Waals surface area contributed by atoms with Crippen LogP contribution in [0.4, 0.5) is 0 Å². The van der Waals surface area contributed by atoms with Crippen molar-refractivity contribution in [2.75, 3.05) is 14.2 Å². The average Bonchev–Trinajstić information content (AvgIpc) is 2.67. The van der Waals surface area contributed by atoms with Crippen molar-refractivity contribution < 1.29 is 19.1 Å². The number of rotatable bonds is 6. The van der Waals surface area contributed by atoms with Crippen LogP contribution in [0.15, 0.2) is 52.0 Å². The molecule has 0 saturated heterocycles. The van der Waals surface area contributed by atoms with E-state index < -0.39 is 11.8 Å². The number of hydrogen-bond acceptors (Lipinski definition) is 5. The Morgan fingerprint density at radius 3 is 2.50 bits per heavy atom. The van der Waals surface area contributed by atoms with Gasteiger partial charge in [-0.1, -0.05) is 28.1 Å². The summed E-state index contributed by atoms with van der Waals surface area (Å²) >= 11 is 3.39. The highest BCUT2D eigenvalue weighted by Gasteiger charge is 2.09.